The summed E-state index contributed by atoms with van der Waals surface area (Å²) >= 11 is -2.15. The zero-order valence-electron chi connectivity index (χ0n) is 8.67. The Labute approximate surface area is 92.3 Å². The van der Waals surface area contributed by atoms with E-state index in [2.05, 4.69) is 14.0 Å². The lowest BCUT2D eigenvalue weighted by molar-refractivity contribution is 0.102. The topological polar surface area (TPSA) is 73.2 Å². The summed E-state index contributed by atoms with van der Waals surface area (Å²) in [7, 11) is 0. The average Bonchev–Trinajstić information content (AvgIpc) is 2.20. The first-order valence-corrected chi connectivity index (χ1v) is 6.05. The van der Waals surface area contributed by atoms with Crippen LogP contribution in [0.1, 0.15) is 0 Å². The van der Waals surface area contributed by atoms with Gasteiger partial charge in [0.15, 0.2) is 0 Å². The molecule has 15 heavy (non-hydrogen) atoms. The molecule has 1 saturated heterocycles. The van der Waals surface area contributed by atoms with Gasteiger partial charge in [-0.2, -0.15) is 4.21 Å². The van der Waals surface area contributed by atoms with Gasteiger partial charge in [0.1, 0.15) is 0 Å². The molecule has 6 nitrogen and oxygen atoms in total. The summed E-state index contributed by atoms with van der Waals surface area (Å²) in [5, 5.41) is 8.75. The van der Waals surface area contributed by atoms with Crippen LogP contribution in [0.3, 0.4) is 0 Å². The van der Waals surface area contributed by atoms with E-state index in [0.717, 1.165) is 32.7 Å². The second-order valence-corrected chi connectivity index (χ2v) is 4.12. The van der Waals surface area contributed by atoms with Crippen molar-refractivity contribution < 1.29 is 18.1 Å². The Morgan fingerprint density at radius 2 is 1.67 bits per heavy atom. The Kier molecular flexibility index (Phi) is 6.30. The Morgan fingerprint density at radius 1 is 1.13 bits per heavy atom. The maximum absolute atomic E-state index is 10.2. The van der Waals surface area contributed by atoms with Crippen LogP contribution < -0.4 is 0 Å². The van der Waals surface area contributed by atoms with Gasteiger partial charge in [-0.05, 0) is 0 Å². The zero-order valence-corrected chi connectivity index (χ0v) is 9.49. The highest BCUT2D eigenvalue weighted by atomic mass is 32.2. The second-order valence-electron chi connectivity index (χ2n) is 3.45. The van der Waals surface area contributed by atoms with Crippen LogP contribution in [0.25, 0.3) is 0 Å². The first-order valence-electron chi connectivity index (χ1n) is 5.02. The highest BCUT2D eigenvalue weighted by Crippen LogP contribution is 2.00. The van der Waals surface area contributed by atoms with Gasteiger partial charge in [0.25, 0.3) is 0 Å². The van der Waals surface area contributed by atoms with Crippen molar-refractivity contribution in [3.05, 3.63) is 0 Å². The number of hydrogen-bond donors (Lipinski definition) is 2. The lowest BCUT2D eigenvalue weighted by atomic mass is 10.3. The molecular weight excluding hydrogens is 220 g/mol. The third kappa shape index (κ3) is 5.55. The monoisotopic (exact) mass is 238 g/mol. The molecule has 1 aliphatic rings. The molecule has 1 heterocycles. The molecule has 1 fully saturated rings. The Bertz CT molecular complexity index is 197. The summed E-state index contributed by atoms with van der Waals surface area (Å²) in [6, 6.07) is 0. The van der Waals surface area contributed by atoms with Gasteiger partial charge < -0.3 is 5.11 Å². The Hall–Kier alpha value is -0.0500. The molecule has 0 aromatic heterocycles. The third-order valence-electron chi connectivity index (χ3n) is 2.47. The number of aliphatic hydroxyl groups excluding tert-OH is 1. The van der Waals surface area contributed by atoms with E-state index >= 15 is 0 Å². The summed E-state index contributed by atoms with van der Waals surface area (Å²) < 4.78 is 23.2. The zero-order chi connectivity index (χ0) is 11.1. The first kappa shape index (κ1) is 13.0. The van der Waals surface area contributed by atoms with Crippen molar-refractivity contribution in [2.45, 2.75) is 0 Å². The minimum atomic E-state index is -2.15. The predicted octanol–water partition coefficient (Wildman–Crippen LogP) is -1.25. The van der Waals surface area contributed by atoms with Crippen LogP contribution in [0.2, 0.25) is 0 Å². The van der Waals surface area contributed by atoms with Gasteiger partial charge in [-0.1, -0.05) is 0 Å². The van der Waals surface area contributed by atoms with Gasteiger partial charge in [-0.25, -0.2) is 0 Å². The molecule has 1 aliphatic heterocycles. The van der Waals surface area contributed by atoms with Crippen molar-refractivity contribution in [1.29, 1.82) is 0 Å². The van der Waals surface area contributed by atoms with Gasteiger partial charge >= 0.3 is 11.4 Å². The van der Waals surface area contributed by atoms with Crippen LogP contribution in [-0.2, 0) is 15.5 Å². The van der Waals surface area contributed by atoms with E-state index in [4.69, 9.17) is 9.66 Å². The van der Waals surface area contributed by atoms with Crippen molar-refractivity contribution in [3.63, 3.8) is 0 Å². The van der Waals surface area contributed by atoms with E-state index in [-0.39, 0.29) is 13.2 Å². The Morgan fingerprint density at radius 3 is 2.13 bits per heavy atom. The molecule has 1 unspecified atom stereocenters. The number of hydrogen-bond acceptors (Lipinski definition) is 5. The van der Waals surface area contributed by atoms with Crippen LogP contribution in [0.4, 0.5) is 0 Å². The van der Waals surface area contributed by atoms with Crippen LogP contribution in [-0.4, -0.2) is 76.2 Å². The smallest absolute Gasteiger partial charge is 0.301 e. The average molecular weight is 238 g/mol. The molecule has 7 heteroatoms. The molecule has 0 amide bonds. The molecule has 0 aromatic rings. The fourth-order valence-electron chi connectivity index (χ4n) is 1.62. The summed E-state index contributed by atoms with van der Waals surface area (Å²) in [4.78, 5) is 4.38. The Balaban J connectivity index is 2.06. The largest absolute Gasteiger partial charge is 0.395 e. The molecular formula is C8H18N2O4S. The summed E-state index contributed by atoms with van der Waals surface area (Å²) in [6.07, 6.45) is 0. The number of rotatable bonds is 6. The van der Waals surface area contributed by atoms with Crippen molar-refractivity contribution in [2.24, 2.45) is 0 Å². The SMILES string of the molecule is O=S(O)OCCN1CCN(CCO)CC1. The lowest BCUT2D eigenvalue weighted by Gasteiger charge is -2.33. The number of nitrogens with zero attached hydrogens (tertiary/aromatic N) is 2. The van der Waals surface area contributed by atoms with E-state index < -0.39 is 11.4 Å². The predicted molar refractivity (Wildman–Crippen MR) is 56.7 cm³/mol. The summed E-state index contributed by atoms with van der Waals surface area (Å²) in [5.74, 6) is 0. The molecule has 90 valence electrons. The minimum Gasteiger partial charge on any atom is -0.395 e. The van der Waals surface area contributed by atoms with Crippen LogP contribution in [0.5, 0.6) is 0 Å². The normalized spacial score (nSPS) is 21.7. The van der Waals surface area contributed by atoms with Crippen LogP contribution >= 0.6 is 0 Å². The van der Waals surface area contributed by atoms with Crippen LogP contribution in [0.15, 0.2) is 0 Å². The summed E-state index contributed by atoms with van der Waals surface area (Å²) in [6.45, 7) is 5.59. The third-order valence-corrected chi connectivity index (χ3v) is 2.84. The molecule has 0 aliphatic carbocycles. The standard InChI is InChI=1S/C8H18N2O4S/c11-7-5-9-1-3-10(4-2-9)6-8-14-15(12)13/h11H,1-8H2,(H,12,13). The van der Waals surface area contributed by atoms with E-state index in [1.165, 1.54) is 0 Å². The molecule has 1 atom stereocenters. The number of β-amino-alcohol motifs (C(OH)–C–C–N with tert-alkyl or cyclic N) is 1. The van der Waals surface area contributed by atoms with Gasteiger partial charge in [-0.15, -0.1) is 0 Å². The van der Waals surface area contributed by atoms with Gasteiger partial charge in [-0.3, -0.25) is 18.5 Å². The maximum Gasteiger partial charge on any atom is 0.301 e. The van der Waals surface area contributed by atoms with Crippen molar-refractivity contribution in [3.8, 4) is 0 Å². The van der Waals surface area contributed by atoms with Crippen molar-refractivity contribution in [2.75, 3.05) is 52.5 Å². The van der Waals surface area contributed by atoms with Crippen molar-refractivity contribution in [1.82, 2.24) is 9.80 Å². The van der Waals surface area contributed by atoms with Gasteiger partial charge in [0, 0.05) is 39.3 Å². The highest BCUT2D eigenvalue weighted by molar-refractivity contribution is 7.74. The molecule has 0 bridgehead atoms. The molecule has 0 spiro atoms. The number of piperazine rings is 1. The summed E-state index contributed by atoms with van der Waals surface area (Å²) in [5.41, 5.74) is 0. The molecule has 1 rings (SSSR count). The quantitative estimate of drug-likeness (QED) is 0.563. The fourth-order valence-corrected chi connectivity index (χ4v) is 1.83. The number of aliphatic hydroxyl groups is 1. The van der Waals surface area contributed by atoms with E-state index in [1.54, 1.807) is 0 Å². The minimum absolute atomic E-state index is 0.201. The van der Waals surface area contributed by atoms with E-state index in [9.17, 15) is 4.21 Å². The van der Waals surface area contributed by atoms with E-state index in [1.807, 2.05) is 0 Å². The fraction of sp³-hybridized carbons (Fsp3) is 1.00. The van der Waals surface area contributed by atoms with Gasteiger partial charge in [0.2, 0.25) is 0 Å². The molecule has 0 aromatic carbocycles. The van der Waals surface area contributed by atoms with Crippen molar-refractivity contribution >= 4 is 11.4 Å². The first-order chi connectivity index (χ1) is 7.22. The molecule has 0 radical (unpaired) electrons. The maximum atomic E-state index is 10.2. The van der Waals surface area contributed by atoms with Gasteiger partial charge in [0.05, 0.1) is 13.2 Å². The van der Waals surface area contributed by atoms with Crippen LogP contribution in [0, 0.1) is 0 Å². The highest BCUT2D eigenvalue weighted by Gasteiger charge is 2.15. The molecule has 2 N–H and O–H groups in total. The van der Waals surface area contributed by atoms with E-state index in [0.29, 0.717) is 6.54 Å². The second kappa shape index (κ2) is 7.26. The lowest BCUT2D eigenvalue weighted by Crippen LogP contribution is -2.47. The molecule has 0 saturated carbocycles.